The summed E-state index contributed by atoms with van der Waals surface area (Å²) in [4.78, 5) is 11.3. The maximum absolute atomic E-state index is 11.3. The van der Waals surface area contributed by atoms with Gasteiger partial charge in [0.1, 0.15) is 0 Å². The summed E-state index contributed by atoms with van der Waals surface area (Å²) < 4.78 is 28.0. The van der Waals surface area contributed by atoms with Gasteiger partial charge in [0.15, 0.2) is 0 Å². The fourth-order valence-electron chi connectivity index (χ4n) is 2.54. The van der Waals surface area contributed by atoms with Crippen molar-refractivity contribution < 1.29 is 17.4 Å². The largest absolute Gasteiger partial charge is 0.361 e. The molecule has 6 heteroatoms. The van der Waals surface area contributed by atoms with Gasteiger partial charge in [-0.2, -0.15) is 8.42 Å². The van der Waals surface area contributed by atoms with Gasteiger partial charge in [0, 0.05) is 6.42 Å². The third-order valence-corrected chi connectivity index (χ3v) is 4.88. The van der Waals surface area contributed by atoms with E-state index in [9.17, 15) is 13.2 Å². The van der Waals surface area contributed by atoms with Gasteiger partial charge in [-0.25, -0.2) is 4.72 Å². The van der Waals surface area contributed by atoms with Crippen molar-refractivity contribution in [3.63, 3.8) is 0 Å². The van der Waals surface area contributed by atoms with Crippen LogP contribution in [0.25, 0.3) is 0 Å². The second-order valence-corrected chi connectivity index (χ2v) is 7.58. The third-order valence-electron chi connectivity index (χ3n) is 3.97. The van der Waals surface area contributed by atoms with Gasteiger partial charge in [0.05, 0.1) is 7.11 Å². The van der Waals surface area contributed by atoms with E-state index in [1.165, 1.54) is 64.2 Å². The summed E-state index contributed by atoms with van der Waals surface area (Å²) in [5.74, 6) is -0.491. The number of nitrogens with one attached hydrogen (secondary N) is 1. The molecule has 0 saturated heterocycles. The quantitative estimate of drug-likeness (QED) is 0.417. The second-order valence-electron chi connectivity index (χ2n) is 6.14. The molecule has 0 bridgehead atoms. The van der Waals surface area contributed by atoms with Crippen molar-refractivity contribution in [2.24, 2.45) is 0 Å². The summed E-state index contributed by atoms with van der Waals surface area (Å²) in [7, 11) is -2.86. The Kier molecular flexibility index (Phi) is 14.5. The Morgan fingerprint density at radius 1 is 0.783 bits per heavy atom. The molecule has 0 fully saturated rings. The number of hydrogen-bond acceptors (Lipinski definition) is 4. The van der Waals surface area contributed by atoms with Gasteiger partial charge in [0.25, 0.3) is 0 Å². The molecule has 0 aliphatic rings. The first-order valence-corrected chi connectivity index (χ1v) is 10.5. The van der Waals surface area contributed by atoms with Gasteiger partial charge in [-0.05, 0) is 6.42 Å². The molecule has 23 heavy (non-hydrogen) atoms. The average Bonchev–Trinajstić information content (AvgIpc) is 2.51. The Morgan fingerprint density at radius 3 is 1.57 bits per heavy atom. The van der Waals surface area contributed by atoms with Crippen LogP contribution < -0.4 is 4.72 Å². The van der Waals surface area contributed by atoms with Gasteiger partial charge in [-0.1, -0.05) is 84.0 Å². The van der Waals surface area contributed by atoms with Crippen molar-refractivity contribution in [2.45, 2.75) is 96.8 Å². The standard InChI is InChI=1S/C17H35NO4S/c1-3-4-5-6-7-8-9-10-11-12-13-14-15-16-17(19)18-23(20,21)22-2/h3-16H2,1-2H3,(H,18,19). The van der Waals surface area contributed by atoms with Crippen molar-refractivity contribution in [3.8, 4) is 0 Å². The van der Waals surface area contributed by atoms with Crippen LogP contribution in [0.2, 0.25) is 0 Å². The molecule has 1 N–H and O–H groups in total. The van der Waals surface area contributed by atoms with E-state index >= 15 is 0 Å². The van der Waals surface area contributed by atoms with E-state index in [1.807, 2.05) is 4.72 Å². The van der Waals surface area contributed by atoms with Crippen LogP contribution in [-0.2, 0) is 19.3 Å². The van der Waals surface area contributed by atoms with Crippen molar-refractivity contribution in [1.29, 1.82) is 0 Å². The summed E-state index contributed by atoms with van der Waals surface area (Å²) >= 11 is 0. The van der Waals surface area contributed by atoms with Gasteiger partial charge in [0.2, 0.25) is 5.91 Å². The summed E-state index contributed by atoms with van der Waals surface area (Å²) in [6, 6.07) is 0. The van der Waals surface area contributed by atoms with Gasteiger partial charge < -0.3 is 0 Å². The van der Waals surface area contributed by atoms with Crippen LogP contribution in [0.5, 0.6) is 0 Å². The lowest BCUT2D eigenvalue weighted by molar-refractivity contribution is -0.119. The zero-order valence-corrected chi connectivity index (χ0v) is 15.8. The van der Waals surface area contributed by atoms with E-state index in [0.717, 1.165) is 26.4 Å². The Labute approximate surface area is 142 Å². The third kappa shape index (κ3) is 16.0. The molecule has 0 atom stereocenters. The topological polar surface area (TPSA) is 72.5 Å². The van der Waals surface area contributed by atoms with Crippen molar-refractivity contribution >= 4 is 16.2 Å². The highest BCUT2D eigenvalue weighted by molar-refractivity contribution is 7.85. The molecule has 5 nitrogen and oxygen atoms in total. The number of hydrogen-bond donors (Lipinski definition) is 1. The molecule has 138 valence electrons. The molecule has 0 aromatic carbocycles. The summed E-state index contributed by atoms with van der Waals surface area (Å²) in [5.41, 5.74) is 0. The van der Waals surface area contributed by atoms with Crippen molar-refractivity contribution in [1.82, 2.24) is 4.72 Å². The van der Waals surface area contributed by atoms with E-state index < -0.39 is 16.2 Å². The van der Waals surface area contributed by atoms with Crippen LogP contribution in [0.3, 0.4) is 0 Å². The first-order valence-electron chi connectivity index (χ1n) is 9.13. The predicted molar refractivity (Wildman–Crippen MR) is 94.4 cm³/mol. The number of rotatable bonds is 16. The Morgan fingerprint density at radius 2 is 1.17 bits per heavy atom. The molecule has 0 aliphatic carbocycles. The van der Waals surface area contributed by atoms with Gasteiger partial charge >= 0.3 is 10.3 Å². The van der Waals surface area contributed by atoms with E-state index in [1.54, 1.807) is 0 Å². The van der Waals surface area contributed by atoms with Crippen LogP contribution in [0, 0.1) is 0 Å². The molecule has 0 aromatic heterocycles. The minimum absolute atomic E-state index is 0.236. The molecule has 0 saturated carbocycles. The average molecular weight is 350 g/mol. The van der Waals surface area contributed by atoms with E-state index in [0.29, 0.717) is 0 Å². The number of amides is 1. The lowest BCUT2D eigenvalue weighted by Crippen LogP contribution is -2.30. The maximum atomic E-state index is 11.3. The van der Waals surface area contributed by atoms with Crippen molar-refractivity contribution in [2.75, 3.05) is 7.11 Å². The second kappa shape index (κ2) is 14.9. The van der Waals surface area contributed by atoms with Crippen LogP contribution in [-0.4, -0.2) is 21.4 Å². The Balaban J connectivity index is 3.26. The minimum Gasteiger partial charge on any atom is -0.274 e. The monoisotopic (exact) mass is 349 g/mol. The molecule has 0 spiro atoms. The zero-order valence-electron chi connectivity index (χ0n) is 14.9. The lowest BCUT2D eigenvalue weighted by atomic mass is 10.0. The highest BCUT2D eigenvalue weighted by Gasteiger charge is 2.12. The molecular formula is C17H35NO4S. The molecule has 0 unspecified atom stereocenters. The van der Waals surface area contributed by atoms with E-state index in [4.69, 9.17) is 0 Å². The molecule has 0 aliphatic heterocycles. The molecular weight excluding hydrogens is 314 g/mol. The number of carbonyl (C=O) groups excluding carboxylic acids is 1. The Hall–Kier alpha value is -0.620. The molecule has 0 aromatic rings. The van der Waals surface area contributed by atoms with Crippen LogP contribution in [0.15, 0.2) is 0 Å². The first kappa shape index (κ1) is 22.4. The Bertz CT molecular complexity index is 382. The lowest BCUT2D eigenvalue weighted by Gasteiger charge is -2.04. The summed E-state index contributed by atoms with van der Waals surface area (Å²) in [6.07, 6.45) is 16.3. The van der Waals surface area contributed by atoms with Gasteiger partial charge in [-0.15, -0.1) is 0 Å². The van der Waals surface area contributed by atoms with E-state index in [-0.39, 0.29) is 6.42 Å². The first-order chi connectivity index (χ1) is 11.0. The number of carbonyl (C=O) groups is 1. The molecule has 1 amide bonds. The maximum Gasteiger partial charge on any atom is 0.361 e. The van der Waals surface area contributed by atoms with Crippen LogP contribution in [0.1, 0.15) is 96.8 Å². The minimum atomic E-state index is -3.89. The van der Waals surface area contributed by atoms with Gasteiger partial charge in [-0.3, -0.25) is 8.98 Å². The fraction of sp³-hybridized carbons (Fsp3) is 0.941. The summed E-state index contributed by atoms with van der Waals surface area (Å²) in [5, 5.41) is 0. The predicted octanol–water partition coefficient (Wildman–Crippen LogP) is 4.48. The molecule has 0 rings (SSSR count). The van der Waals surface area contributed by atoms with E-state index in [2.05, 4.69) is 11.1 Å². The SMILES string of the molecule is CCCCCCCCCCCCCCCC(=O)NS(=O)(=O)OC. The smallest absolute Gasteiger partial charge is 0.274 e. The fourth-order valence-corrected chi connectivity index (χ4v) is 3.00. The van der Waals surface area contributed by atoms with Crippen LogP contribution >= 0.6 is 0 Å². The highest BCUT2D eigenvalue weighted by Crippen LogP contribution is 2.12. The zero-order chi connectivity index (χ0) is 17.4. The number of unbranched alkanes of at least 4 members (excludes halogenated alkanes) is 12. The van der Waals surface area contributed by atoms with Crippen molar-refractivity contribution in [3.05, 3.63) is 0 Å². The molecule has 0 radical (unpaired) electrons. The van der Waals surface area contributed by atoms with Crippen LogP contribution in [0.4, 0.5) is 0 Å². The highest BCUT2D eigenvalue weighted by atomic mass is 32.2. The normalized spacial score (nSPS) is 11.6. The summed E-state index contributed by atoms with van der Waals surface area (Å²) in [6.45, 7) is 2.24. The molecule has 0 heterocycles.